The van der Waals surface area contributed by atoms with Crippen molar-refractivity contribution in [2.75, 3.05) is 13.1 Å². The van der Waals surface area contributed by atoms with Crippen molar-refractivity contribution in [3.05, 3.63) is 17.0 Å². The van der Waals surface area contributed by atoms with Crippen molar-refractivity contribution < 1.29 is 9.90 Å². The van der Waals surface area contributed by atoms with E-state index in [1.54, 1.807) is 13.8 Å². The molecule has 1 aromatic heterocycles. The number of aromatic amines is 1. The van der Waals surface area contributed by atoms with Crippen LogP contribution in [0.4, 0.5) is 0 Å². The Morgan fingerprint density at radius 2 is 2.33 bits per heavy atom. The highest BCUT2D eigenvalue weighted by molar-refractivity contribution is 6.00. The summed E-state index contributed by atoms with van der Waals surface area (Å²) >= 11 is 0. The first-order chi connectivity index (χ1) is 7.07. The predicted octanol–water partition coefficient (Wildman–Crippen LogP) is 0.184. The normalized spacial score (nSPS) is 11.8. The van der Waals surface area contributed by atoms with E-state index in [1.165, 1.54) is 0 Å². The number of carbonyl (C=O) groups is 1. The molecule has 0 saturated carbocycles. The first-order valence-electron chi connectivity index (χ1n) is 4.57. The molecule has 0 amide bonds. The topological polar surface area (TPSA) is 104 Å². The molecule has 0 aliphatic rings. The number of aliphatic imine (C=N–C) groups is 1. The molecule has 0 aliphatic heterocycles. The lowest BCUT2D eigenvalue weighted by atomic mass is 10.1. The molecule has 15 heavy (non-hydrogen) atoms. The minimum atomic E-state index is -1.02. The minimum absolute atomic E-state index is 0.104. The van der Waals surface area contributed by atoms with E-state index in [1.807, 2.05) is 0 Å². The molecule has 0 fully saturated rings. The van der Waals surface area contributed by atoms with E-state index in [9.17, 15) is 4.79 Å². The molecular weight excluding hydrogens is 196 g/mol. The van der Waals surface area contributed by atoms with Gasteiger partial charge < -0.3 is 10.8 Å². The number of H-pyrrole nitrogens is 1. The number of hydrogen-bond acceptors (Lipinski definition) is 4. The fraction of sp³-hybridized carbons (Fsp3) is 0.444. The second-order valence-corrected chi connectivity index (χ2v) is 3.13. The number of carboxylic acid groups (broad SMARTS) is 1. The van der Waals surface area contributed by atoms with Gasteiger partial charge in [-0.2, -0.15) is 5.10 Å². The lowest BCUT2D eigenvalue weighted by Crippen LogP contribution is -2.06. The second-order valence-electron chi connectivity index (χ2n) is 3.13. The summed E-state index contributed by atoms with van der Waals surface area (Å²) in [5.41, 5.74) is 7.30. The molecule has 6 nitrogen and oxygen atoms in total. The van der Waals surface area contributed by atoms with Crippen molar-refractivity contribution in [3.8, 4) is 0 Å². The molecule has 1 heterocycles. The van der Waals surface area contributed by atoms with Crippen LogP contribution in [0.25, 0.3) is 0 Å². The summed E-state index contributed by atoms with van der Waals surface area (Å²) in [6.45, 7) is 4.46. The third kappa shape index (κ3) is 2.41. The van der Waals surface area contributed by atoms with Gasteiger partial charge in [0.25, 0.3) is 0 Å². The Bertz CT molecular complexity index is 395. The Morgan fingerprint density at radius 1 is 1.67 bits per heavy atom. The van der Waals surface area contributed by atoms with E-state index in [0.717, 1.165) is 0 Å². The van der Waals surface area contributed by atoms with Crippen LogP contribution in [0.2, 0.25) is 0 Å². The van der Waals surface area contributed by atoms with Crippen molar-refractivity contribution in [1.29, 1.82) is 0 Å². The number of rotatable bonds is 4. The molecule has 0 spiro atoms. The van der Waals surface area contributed by atoms with Gasteiger partial charge >= 0.3 is 5.97 Å². The Morgan fingerprint density at radius 3 is 2.80 bits per heavy atom. The summed E-state index contributed by atoms with van der Waals surface area (Å²) in [4.78, 5) is 14.9. The van der Waals surface area contributed by atoms with E-state index >= 15 is 0 Å². The number of nitrogens with one attached hydrogen (secondary N) is 1. The molecule has 0 saturated heterocycles. The number of aromatic carboxylic acids is 1. The molecule has 0 atom stereocenters. The fourth-order valence-electron chi connectivity index (χ4n) is 1.27. The van der Waals surface area contributed by atoms with Crippen molar-refractivity contribution in [2.24, 2.45) is 10.7 Å². The van der Waals surface area contributed by atoms with Crippen LogP contribution in [-0.2, 0) is 0 Å². The van der Waals surface area contributed by atoms with Crippen LogP contribution >= 0.6 is 0 Å². The summed E-state index contributed by atoms with van der Waals surface area (Å²) < 4.78 is 0. The van der Waals surface area contributed by atoms with Crippen molar-refractivity contribution in [1.82, 2.24) is 10.2 Å². The quantitative estimate of drug-likeness (QED) is 0.616. The SMILES string of the molecule is CC(=NCCN)c1n[nH]c(C(=O)O)c1C. The van der Waals surface area contributed by atoms with Crippen LogP contribution in [0.15, 0.2) is 4.99 Å². The molecule has 0 aromatic carbocycles. The number of aromatic nitrogens is 2. The van der Waals surface area contributed by atoms with Gasteiger partial charge in [0, 0.05) is 12.1 Å². The Kier molecular flexibility index (Phi) is 3.56. The average Bonchev–Trinajstić information content (AvgIpc) is 2.56. The van der Waals surface area contributed by atoms with Crippen LogP contribution in [0, 0.1) is 6.92 Å². The van der Waals surface area contributed by atoms with Gasteiger partial charge in [0.1, 0.15) is 11.4 Å². The van der Waals surface area contributed by atoms with E-state index in [0.29, 0.717) is 30.1 Å². The van der Waals surface area contributed by atoms with E-state index in [-0.39, 0.29) is 5.69 Å². The molecule has 0 aliphatic carbocycles. The summed E-state index contributed by atoms with van der Waals surface area (Å²) in [5.74, 6) is -1.02. The standard InChI is InChI=1S/C9H14N4O2/c1-5-7(6(2)11-4-3-10)12-13-8(5)9(14)15/h3-4,10H2,1-2H3,(H,12,13)(H,14,15). The van der Waals surface area contributed by atoms with E-state index < -0.39 is 5.97 Å². The predicted molar refractivity (Wildman–Crippen MR) is 56.4 cm³/mol. The summed E-state index contributed by atoms with van der Waals surface area (Å²) in [6.07, 6.45) is 0. The third-order valence-electron chi connectivity index (χ3n) is 2.04. The number of carboxylic acids is 1. The molecule has 6 heteroatoms. The summed E-state index contributed by atoms with van der Waals surface area (Å²) in [5, 5.41) is 15.2. The molecular formula is C9H14N4O2. The smallest absolute Gasteiger partial charge is 0.354 e. The molecule has 0 bridgehead atoms. The van der Waals surface area contributed by atoms with Crippen LogP contribution in [-0.4, -0.2) is 40.1 Å². The average molecular weight is 210 g/mol. The largest absolute Gasteiger partial charge is 0.477 e. The highest BCUT2D eigenvalue weighted by Crippen LogP contribution is 2.10. The monoisotopic (exact) mass is 210 g/mol. The van der Waals surface area contributed by atoms with Crippen molar-refractivity contribution in [3.63, 3.8) is 0 Å². The van der Waals surface area contributed by atoms with Gasteiger partial charge in [-0.15, -0.1) is 0 Å². The van der Waals surface area contributed by atoms with Gasteiger partial charge in [-0.05, 0) is 13.8 Å². The maximum atomic E-state index is 10.7. The van der Waals surface area contributed by atoms with Crippen LogP contribution in [0.5, 0.6) is 0 Å². The zero-order valence-corrected chi connectivity index (χ0v) is 8.74. The molecule has 0 radical (unpaired) electrons. The highest BCUT2D eigenvalue weighted by atomic mass is 16.4. The Labute approximate surface area is 87.2 Å². The van der Waals surface area contributed by atoms with Crippen LogP contribution in [0.3, 0.4) is 0 Å². The first-order valence-corrected chi connectivity index (χ1v) is 4.57. The zero-order chi connectivity index (χ0) is 11.4. The van der Waals surface area contributed by atoms with Gasteiger partial charge in [-0.3, -0.25) is 10.1 Å². The second kappa shape index (κ2) is 4.70. The highest BCUT2D eigenvalue weighted by Gasteiger charge is 2.15. The zero-order valence-electron chi connectivity index (χ0n) is 8.74. The third-order valence-corrected chi connectivity index (χ3v) is 2.04. The van der Waals surface area contributed by atoms with Gasteiger partial charge in [0.2, 0.25) is 0 Å². The van der Waals surface area contributed by atoms with E-state index in [4.69, 9.17) is 10.8 Å². The minimum Gasteiger partial charge on any atom is -0.477 e. The number of nitrogens with zero attached hydrogens (tertiary/aromatic N) is 2. The van der Waals surface area contributed by atoms with E-state index in [2.05, 4.69) is 15.2 Å². The molecule has 4 N–H and O–H groups in total. The van der Waals surface area contributed by atoms with Crippen molar-refractivity contribution in [2.45, 2.75) is 13.8 Å². The Balaban J connectivity index is 3.01. The number of hydrogen-bond donors (Lipinski definition) is 3. The van der Waals surface area contributed by atoms with Gasteiger partial charge in [0.05, 0.1) is 12.3 Å². The first kappa shape index (κ1) is 11.4. The molecule has 1 aromatic rings. The molecule has 1 rings (SSSR count). The summed E-state index contributed by atoms with van der Waals surface area (Å²) in [6, 6.07) is 0. The maximum Gasteiger partial charge on any atom is 0.354 e. The van der Waals surface area contributed by atoms with Gasteiger partial charge in [-0.1, -0.05) is 0 Å². The van der Waals surface area contributed by atoms with Gasteiger partial charge in [-0.25, -0.2) is 4.79 Å². The fourth-order valence-corrected chi connectivity index (χ4v) is 1.27. The lowest BCUT2D eigenvalue weighted by Gasteiger charge is -1.97. The summed E-state index contributed by atoms with van der Waals surface area (Å²) in [7, 11) is 0. The molecule has 82 valence electrons. The number of nitrogens with two attached hydrogens (primary N) is 1. The van der Waals surface area contributed by atoms with Crippen LogP contribution in [0.1, 0.15) is 28.7 Å². The maximum absolute atomic E-state index is 10.7. The van der Waals surface area contributed by atoms with Crippen LogP contribution < -0.4 is 5.73 Å². The molecule has 0 unspecified atom stereocenters. The van der Waals surface area contributed by atoms with Crippen molar-refractivity contribution >= 4 is 11.7 Å². The lowest BCUT2D eigenvalue weighted by molar-refractivity contribution is 0.0689. The van der Waals surface area contributed by atoms with Gasteiger partial charge in [0.15, 0.2) is 0 Å². The Hall–Kier alpha value is -1.69.